The predicted molar refractivity (Wildman–Crippen MR) is 81.6 cm³/mol. The topological polar surface area (TPSA) is 33.1 Å². The van der Waals surface area contributed by atoms with Crippen LogP contribution < -0.4 is 0 Å². The number of aryl methyl sites for hydroxylation is 1. The average molecular weight is 263 g/mol. The molecule has 3 aromatic rings. The van der Waals surface area contributed by atoms with Gasteiger partial charge in [0.1, 0.15) is 5.60 Å². The van der Waals surface area contributed by atoms with Crippen LogP contribution in [0.5, 0.6) is 0 Å². The molecule has 0 saturated heterocycles. The molecular weight excluding hydrogens is 246 g/mol. The van der Waals surface area contributed by atoms with Crippen LogP contribution in [0.3, 0.4) is 0 Å². The minimum Gasteiger partial charge on any atom is -0.381 e. The second-order valence-electron chi connectivity index (χ2n) is 5.30. The fourth-order valence-electron chi connectivity index (χ4n) is 2.61. The van der Waals surface area contributed by atoms with Crippen molar-refractivity contribution < 1.29 is 5.11 Å². The average Bonchev–Trinajstić information content (AvgIpc) is 2.47. The van der Waals surface area contributed by atoms with Crippen molar-refractivity contribution in [3.8, 4) is 0 Å². The Balaban J connectivity index is 2.16. The van der Waals surface area contributed by atoms with E-state index in [0.717, 1.165) is 27.6 Å². The van der Waals surface area contributed by atoms with E-state index in [-0.39, 0.29) is 0 Å². The summed E-state index contributed by atoms with van der Waals surface area (Å²) in [5.41, 5.74) is 2.70. The van der Waals surface area contributed by atoms with E-state index in [9.17, 15) is 5.11 Å². The van der Waals surface area contributed by atoms with E-state index in [4.69, 9.17) is 0 Å². The van der Waals surface area contributed by atoms with E-state index in [2.05, 4.69) is 4.98 Å². The number of aromatic nitrogens is 1. The van der Waals surface area contributed by atoms with Crippen LogP contribution in [0.2, 0.25) is 0 Å². The summed E-state index contributed by atoms with van der Waals surface area (Å²) < 4.78 is 0. The van der Waals surface area contributed by atoms with Gasteiger partial charge in [0.25, 0.3) is 0 Å². The van der Waals surface area contributed by atoms with Crippen molar-refractivity contribution in [1.82, 2.24) is 4.98 Å². The highest BCUT2D eigenvalue weighted by atomic mass is 16.3. The van der Waals surface area contributed by atoms with E-state index in [1.54, 1.807) is 6.20 Å². The number of hydrogen-bond donors (Lipinski definition) is 1. The largest absolute Gasteiger partial charge is 0.381 e. The third-order valence-corrected chi connectivity index (χ3v) is 3.82. The molecule has 3 rings (SSSR count). The molecule has 100 valence electrons. The fourth-order valence-corrected chi connectivity index (χ4v) is 2.61. The van der Waals surface area contributed by atoms with Crippen LogP contribution in [0.15, 0.2) is 60.8 Å². The van der Waals surface area contributed by atoms with Gasteiger partial charge in [0.05, 0.1) is 5.52 Å². The van der Waals surface area contributed by atoms with Gasteiger partial charge in [-0.1, -0.05) is 42.5 Å². The van der Waals surface area contributed by atoms with E-state index in [1.165, 1.54) is 0 Å². The van der Waals surface area contributed by atoms with Crippen LogP contribution in [0.25, 0.3) is 10.9 Å². The molecule has 0 spiro atoms. The Morgan fingerprint density at radius 1 is 1.00 bits per heavy atom. The van der Waals surface area contributed by atoms with Crippen molar-refractivity contribution in [1.29, 1.82) is 0 Å². The Morgan fingerprint density at radius 3 is 2.50 bits per heavy atom. The molecule has 20 heavy (non-hydrogen) atoms. The third kappa shape index (κ3) is 2.08. The summed E-state index contributed by atoms with van der Waals surface area (Å²) in [6, 6.07) is 17.8. The predicted octanol–water partition coefficient (Wildman–Crippen LogP) is 3.80. The monoisotopic (exact) mass is 263 g/mol. The number of fused-ring (bicyclic) bond motifs is 1. The van der Waals surface area contributed by atoms with Crippen molar-refractivity contribution in [2.45, 2.75) is 19.4 Å². The first kappa shape index (κ1) is 12.8. The van der Waals surface area contributed by atoms with Crippen LogP contribution in [0, 0.1) is 6.92 Å². The van der Waals surface area contributed by atoms with Crippen LogP contribution in [0.1, 0.15) is 23.6 Å². The maximum absolute atomic E-state index is 11.0. The molecule has 2 nitrogen and oxygen atoms in total. The van der Waals surface area contributed by atoms with Gasteiger partial charge in [-0.3, -0.25) is 4.98 Å². The van der Waals surface area contributed by atoms with Crippen molar-refractivity contribution in [2.75, 3.05) is 0 Å². The molecule has 0 bridgehead atoms. The first-order chi connectivity index (χ1) is 9.59. The molecule has 0 radical (unpaired) electrons. The first-order valence-corrected chi connectivity index (χ1v) is 6.73. The molecule has 1 heterocycles. The fraction of sp³-hybridized carbons (Fsp3) is 0.167. The molecule has 0 aliphatic heterocycles. The van der Waals surface area contributed by atoms with Crippen LogP contribution in [-0.4, -0.2) is 10.1 Å². The van der Waals surface area contributed by atoms with Crippen LogP contribution in [-0.2, 0) is 5.60 Å². The summed E-state index contributed by atoms with van der Waals surface area (Å²) in [4.78, 5) is 4.44. The van der Waals surface area contributed by atoms with Crippen molar-refractivity contribution in [3.63, 3.8) is 0 Å². The number of aliphatic hydroxyl groups is 1. The Bertz CT molecular complexity index is 762. The normalized spacial score (nSPS) is 14.2. The molecule has 1 aromatic heterocycles. The summed E-state index contributed by atoms with van der Waals surface area (Å²) in [5.74, 6) is 0. The molecule has 0 aliphatic rings. The van der Waals surface area contributed by atoms with Crippen molar-refractivity contribution >= 4 is 10.9 Å². The highest BCUT2D eigenvalue weighted by Gasteiger charge is 2.27. The van der Waals surface area contributed by atoms with E-state index >= 15 is 0 Å². The van der Waals surface area contributed by atoms with Crippen LogP contribution >= 0.6 is 0 Å². The van der Waals surface area contributed by atoms with Gasteiger partial charge < -0.3 is 5.11 Å². The maximum Gasteiger partial charge on any atom is 0.114 e. The maximum atomic E-state index is 11.0. The van der Waals surface area contributed by atoms with Gasteiger partial charge in [0.15, 0.2) is 0 Å². The minimum atomic E-state index is -1.04. The Morgan fingerprint density at radius 2 is 1.70 bits per heavy atom. The number of rotatable bonds is 2. The molecule has 0 aliphatic carbocycles. The zero-order valence-corrected chi connectivity index (χ0v) is 11.7. The molecular formula is C18H17NO. The quantitative estimate of drug-likeness (QED) is 0.763. The third-order valence-electron chi connectivity index (χ3n) is 3.82. The number of nitrogens with zero attached hydrogens (tertiary/aromatic N) is 1. The Labute approximate surface area is 118 Å². The van der Waals surface area contributed by atoms with Gasteiger partial charge in [-0.25, -0.2) is 0 Å². The van der Waals surface area contributed by atoms with Crippen molar-refractivity contribution in [3.05, 3.63) is 77.5 Å². The Hall–Kier alpha value is -2.19. The molecule has 1 atom stereocenters. The second kappa shape index (κ2) is 4.73. The molecule has 0 saturated carbocycles. The standard InChI is InChI=1S/C18H17NO/c1-13-7-3-5-9-16(13)18(2,20)15-11-14-8-4-6-10-17(14)19-12-15/h3-12,20H,1-2H3. The number of benzene rings is 2. The number of hydrogen-bond acceptors (Lipinski definition) is 2. The lowest BCUT2D eigenvalue weighted by Crippen LogP contribution is -2.24. The summed E-state index contributed by atoms with van der Waals surface area (Å²) >= 11 is 0. The number of pyridine rings is 1. The highest BCUT2D eigenvalue weighted by Crippen LogP contribution is 2.32. The Kier molecular flexibility index (Phi) is 3.03. The van der Waals surface area contributed by atoms with Gasteiger partial charge in [0.2, 0.25) is 0 Å². The van der Waals surface area contributed by atoms with Gasteiger partial charge in [-0.2, -0.15) is 0 Å². The minimum absolute atomic E-state index is 0.811. The summed E-state index contributed by atoms with van der Waals surface area (Å²) in [5, 5.41) is 12.0. The van der Waals surface area contributed by atoms with Gasteiger partial charge in [-0.15, -0.1) is 0 Å². The molecule has 0 fully saturated rings. The molecule has 2 heteroatoms. The molecule has 0 amide bonds. The van der Waals surface area contributed by atoms with E-state index in [0.29, 0.717) is 0 Å². The first-order valence-electron chi connectivity index (χ1n) is 6.73. The summed E-state index contributed by atoms with van der Waals surface area (Å²) in [6.45, 7) is 3.83. The van der Waals surface area contributed by atoms with E-state index < -0.39 is 5.60 Å². The SMILES string of the molecule is Cc1ccccc1C(C)(O)c1cnc2ccccc2c1. The van der Waals surface area contributed by atoms with Gasteiger partial charge >= 0.3 is 0 Å². The zero-order valence-electron chi connectivity index (χ0n) is 11.7. The second-order valence-corrected chi connectivity index (χ2v) is 5.30. The lowest BCUT2D eigenvalue weighted by Gasteiger charge is -2.26. The lowest BCUT2D eigenvalue weighted by atomic mass is 9.86. The summed E-state index contributed by atoms with van der Waals surface area (Å²) in [6.07, 6.45) is 1.76. The van der Waals surface area contributed by atoms with Crippen molar-refractivity contribution in [2.24, 2.45) is 0 Å². The van der Waals surface area contributed by atoms with Gasteiger partial charge in [-0.05, 0) is 37.1 Å². The highest BCUT2D eigenvalue weighted by molar-refractivity contribution is 5.79. The summed E-state index contributed by atoms with van der Waals surface area (Å²) in [7, 11) is 0. The van der Waals surface area contributed by atoms with Crippen LogP contribution in [0.4, 0.5) is 0 Å². The zero-order chi connectivity index (χ0) is 14.2. The molecule has 1 unspecified atom stereocenters. The smallest absolute Gasteiger partial charge is 0.114 e. The van der Waals surface area contributed by atoms with E-state index in [1.807, 2.05) is 68.4 Å². The lowest BCUT2D eigenvalue weighted by molar-refractivity contribution is 0.101. The number of para-hydroxylation sites is 1. The van der Waals surface area contributed by atoms with Gasteiger partial charge in [0, 0.05) is 17.1 Å². The molecule has 2 aromatic carbocycles. The molecule has 1 N–H and O–H groups in total.